The number of fused-ring (bicyclic) bond motifs is 2. The number of carbonyl (C=O) groups excluding carboxylic acids is 2. The highest BCUT2D eigenvalue weighted by molar-refractivity contribution is 7.17. The summed E-state index contributed by atoms with van der Waals surface area (Å²) in [5, 5.41) is 7.40. The van der Waals surface area contributed by atoms with Crippen molar-refractivity contribution in [1.29, 1.82) is 0 Å². The molecule has 1 amide bonds. The van der Waals surface area contributed by atoms with Gasteiger partial charge in [-0.25, -0.2) is 9.78 Å². The Hall–Kier alpha value is -4.30. The first-order chi connectivity index (χ1) is 17.5. The number of carbonyl (C=O) groups is 2. The molecule has 8 heteroatoms. The third-order valence-corrected chi connectivity index (χ3v) is 6.66. The van der Waals surface area contributed by atoms with Gasteiger partial charge in [-0.15, -0.1) is 11.3 Å². The van der Waals surface area contributed by atoms with E-state index in [1.165, 1.54) is 22.2 Å². The second-order valence-electron chi connectivity index (χ2n) is 8.33. The standard InChI is InChI=1S/C28H23N3O4S/c1-2-13-35-28(34)19-9-11-22(12-10-19)30-24(32)15-31-17-29-26-25(27(31)33)23(16-36-26)21-8-7-18-5-3-4-6-20(18)14-21/h3-12,14,16-17H,2,13,15H2,1H3,(H,30,32). The van der Waals surface area contributed by atoms with Crippen molar-refractivity contribution in [1.82, 2.24) is 9.55 Å². The van der Waals surface area contributed by atoms with Crippen molar-refractivity contribution >= 4 is 49.9 Å². The summed E-state index contributed by atoms with van der Waals surface area (Å²) in [5.74, 6) is -0.777. The minimum Gasteiger partial charge on any atom is -0.462 e. The van der Waals surface area contributed by atoms with E-state index in [0.29, 0.717) is 28.1 Å². The largest absolute Gasteiger partial charge is 0.462 e. The molecule has 1 N–H and O–H groups in total. The van der Waals surface area contributed by atoms with Crippen molar-refractivity contribution in [2.45, 2.75) is 19.9 Å². The third kappa shape index (κ3) is 4.76. The van der Waals surface area contributed by atoms with Crippen LogP contribution in [0.2, 0.25) is 0 Å². The highest BCUT2D eigenvalue weighted by Gasteiger charge is 2.15. The molecule has 0 aliphatic rings. The summed E-state index contributed by atoms with van der Waals surface area (Å²) >= 11 is 1.40. The van der Waals surface area contributed by atoms with Gasteiger partial charge in [-0.2, -0.15) is 0 Å². The van der Waals surface area contributed by atoms with E-state index in [2.05, 4.69) is 16.4 Å². The second-order valence-corrected chi connectivity index (χ2v) is 9.19. The first-order valence-electron chi connectivity index (χ1n) is 11.6. The van der Waals surface area contributed by atoms with Gasteiger partial charge in [0, 0.05) is 16.6 Å². The number of benzene rings is 3. The zero-order valence-electron chi connectivity index (χ0n) is 19.6. The Kier molecular flexibility index (Phi) is 6.60. The monoisotopic (exact) mass is 497 g/mol. The van der Waals surface area contributed by atoms with E-state index in [-0.39, 0.29) is 18.0 Å². The smallest absolute Gasteiger partial charge is 0.338 e. The minimum absolute atomic E-state index is 0.185. The topological polar surface area (TPSA) is 90.3 Å². The van der Waals surface area contributed by atoms with Gasteiger partial charge in [-0.1, -0.05) is 43.3 Å². The Morgan fingerprint density at radius 2 is 1.81 bits per heavy atom. The summed E-state index contributed by atoms with van der Waals surface area (Å²) in [6.07, 6.45) is 2.15. The number of hydrogen-bond donors (Lipinski definition) is 1. The van der Waals surface area contributed by atoms with Crippen LogP contribution in [0.5, 0.6) is 0 Å². The van der Waals surface area contributed by atoms with Crippen LogP contribution in [-0.2, 0) is 16.1 Å². The fourth-order valence-electron chi connectivity index (χ4n) is 3.97. The predicted octanol–water partition coefficient (Wildman–Crippen LogP) is 5.48. The van der Waals surface area contributed by atoms with Crippen LogP contribution in [0, 0.1) is 0 Å². The van der Waals surface area contributed by atoms with Gasteiger partial charge in [0.1, 0.15) is 11.4 Å². The van der Waals surface area contributed by atoms with E-state index in [0.717, 1.165) is 28.3 Å². The molecule has 5 rings (SSSR count). The van der Waals surface area contributed by atoms with Crippen LogP contribution in [0.15, 0.2) is 83.2 Å². The number of nitrogens with one attached hydrogen (secondary N) is 1. The van der Waals surface area contributed by atoms with Crippen molar-refractivity contribution in [3.63, 3.8) is 0 Å². The zero-order valence-corrected chi connectivity index (χ0v) is 20.4. The SMILES string of the molecule is CCCOC(=O)c1ccc(NC(=O)Cn2cnc3scc(-c4ccc5ccccc5c4)c3c2=O)cc1. The van der Waals surface area contributed by atoms with Crippen LogP contribution in [0.4, 0.5) is 5.69 Å². The van der Waals surface area contributed by atoms with E-state index in [1.807, 2.05) is 48.7 Å². The lowest BCUT2D eigenvalue weighted by atomic mass is 10.0. The molecule has 2 aromatic heterocycles. The number of thiophene rings is 1. The molecule has 0 spiro atoms. The second kappa shape index (κ2) is 10.1. The van der Waals surface area contributed by atoms with Crippen LogP contribution < -0.4 is 10.9 Å². The maximum absolute atomic E-state index is 13.3. The Labute approximate surface area is 211 Å². The average Bonchev–Trinajstić information content (AvgIpc) is 3.34. The summed E-state index contributed by atoms with van der Waals surface area (Å²) in [6.45, 7) is 2.10. The molecule has 5 aromatic rings. The number of anilines is 1. The molecule has 0 aliphatic carbocycles. The normalized spacial score (nSPS) is 11.0. The fraction of sp³-hybridized carbons (Fsp3) is 0.143. The quantitative estimate of drug-likeness (QED) is 0.301. The summed E-state index contributed by atoms with van der Waals surface area (Å²) < 4.78 is 6.42. The average molecular weight is 498 g/mol. The van der Waals surface area contributed by atoms with Gasteiger partial charge >= 0.3 is 5.97 Å². The van der Waals surface area contributed by atoms with Crippen LogP contribution in [0.1, 0.15) is 23.7 Å². The maximum atomic E-state index is 13.3. The molecule has 0 aliphatic heterocycles. The highest BCUT2D eigenvalue weighted by atomic mass is 32.1. The van der Waals surface area contributed by atoms with E-state index in [4.69, 9.17) is 4.74 Å². The highest BCUT2D eigenvalue weighted by Crippen LogP contribution is 2.32. The van der Waals surface area contributed by atoms with E-state index < -0.39 is 5.97 Å². The Balaban J connectivity index is 1.36. The molecule has 0 unspecified atom stereocenters. The number of rotatable bonds is 7. The van der Waals surface area contributed by atoms with E-state index >= 15 is 0 Å². The lowest BCUT2D eigenvalue weighted by Gasteiger charge is -2.09. The molecular weight excluding hydrogens is 474 g/mol. The molecule has 3 aromatic carbocycles. The fourth-order valence-corrected chi connectivity index (χ4v) is 4.88. The molecule has 180 valence electrons. The summed E-state index contributed by atoms with van der Waals surface area (Å²) in [6, 6.07) is 20.6. The van der Waals surface area contributed by atoms with E-state index in [9.17, 15) is 14.4 Å². The van der Waals surface area contributed by atoms with Gasteiger partial charge in [0.15, 0.2) is 0 Å². The van der Waals surface area contributed by atoms with Crippen molar-refractivity contribution in [3.05, 3.63) is 94.4 Å². The maximum Gasteiger partial charge on any atom is 0.338 e. The number of esters is 1. The van der Waals surface area contributed by atoms with Crippen molar-refractivity contribution in [3.8, 4) is 11.1 Å². The Bertz CT molecular complexity index is 1640. The molecule has 0 atom stereocenters. The van der Waals surface area contributed by atoms with Gasteiger partial charge in [-0.05, 0) is 53.1 Å². The van der Waals surface area contributed by atoms with Crippen molar-refractivity contribution < 1.29 is 14.3 Å². The molecule has 0 saturated carbocycles. The summed E-state index contributed by atoms with van der Waals surface area (Å²) in [5.41, 5.74) is 2.39. The first-order valence-corrected chi connectivity index (χ1v) is 12.4. The lowest BCUT2D eigenvalue weighted by molar-refractivity contribution is -0.116. The summed E-state index contributed by atoms with van der Waals surface area (Å²) in [7, 11) is 0. The first kappa shape index (κ1) is 23.4. The van der Waals surface area contributed by atoms with Gasteiger partial charge < -0.3 is 10.1 Å². The number of amides is 1. The van der Waals surface area contributed by atoms with Gasteiger partial charge in [0.2, 0.25) is 5.91 Å². The van der Waals surface area contributed by atoms with E-state index in [1.54, 1.807) is 24.3 Å². The molecule has 0 radical (unpaired) electrons. The van der Waals surface area contributed by atoms with Crippen LogP contribution in [-0.4, -0.2) is 28.0 Å². The van der Waals surface area contributed by atoms with Crippen LogP contribution >= 0.6 is 11.3 Å². The minimum atomic E-state index is -0.404. The molecular formula is C28H23N3O4S. The van der Waals surface area contributed by atoms with Gasteiger partial charge in [-0.3, -0.25) is 14.2 Å². The Morgan fingerprint density at radius 1 is 1.03 bits per heavy atom. The van der Waals surface area contributed by atoms with Crippen LogP contribution in [0.3, 0.4) is 0 Å². The number of ether oxygens (including phenoxy) is 1. The predicted molar refractivity (Wildman–Crippen MR) is 142 cm³/mol. The lowest BCUT2D eigenvalue weighted by Crippen LogP contribution is -2.27. The Morgan fingerprint density at radius 3 is 2.58 bits per heavy atom. The van der Waals surface area contributed by atoms with Crippen molar-refractivity contribution in [2.75, 3.05) is 11.9 Å². The zero-order chi connectivity index (χ0) is 25.1. The van der Waals surface area contributed by atoms with Gasteiger partial charge in [0.05, 0.1) is 23.9 Å². The molecule has 0 bridgehead atoms. The van der Waals surface area contributed by atoms with Crippen molar-refractivity contribution in [2.24, 2.45) is 0 Å². The van der Waals surface area contributed by atoms with Gasteiger partial charge in [0.25, 0.3) is 5.56 Å². The molecule has 7 nitrogen and oxygen atoms in total. The van der Waals surface area contributed by atoms with Crippen LogP contribution in [0.25, 0.3) is 32.1 Å². The number of aromatic nitrogens is 2. The number of hydrogen-bond acceptors (Lipinski definition) is 6. The molecule has 36 heavy (non-hydrogen) atoms. The number of nitrogens with zero attached hydrogens (tertiary/aromatic N) is 2. The summed E-state index contributed by atoms with van der Waals surface area (Å²) in [4.78, 5) is 43.0. The third-order valence-electron chi connectivity index (χ3n) is 5.78. The molecule has 0 saturated heterocycles. The molecule has 2 heterocycles. The molecule has 0 fully saturated rings.